The molecule has 0 radical (unpaired) electrons. The molecular weight excluding hydrogens is 256 g/mol. The predicted molar refractivity (Wildman–Crippen MR) is 83.6 cm³/mol. The Morgan fingerprint density at radius 3 is 2.16 bits per heavy atom. The number of hydrogen-bond donors (Lipinski definition) is 0. The van der Waals surface area contributed by atoms with Crippen molar-refractivity contribution in [3.63, 3.8) is 0 Å². The second-order valence-electron chi connectivity index (χ2n) is 5.59. The molecule has 0 aromatic heterocycles. The van der Waals surface area contributed by atoms with Crippen LogP contribution in [0.25, 0.3) is 0 Å². The maximum Gasteiger partial charge on any atom is 0.305 e. The molecule has 1 saturated heterocycles. The van der Waals surface area contributed by atoms with Crippen LogP contribution in [0.15, 0.2) is 0 Å². The smallest absolute Gasteiger partial charge is 0.305 e. The minimum atomic E-state index is -0.0659. The minimum absolute atomic E-state index is 0.0659. The van der Waals surface area contributed by atoms with E-state index in [0.29, 0.717) is 6.42 Å². The van der Waals surface area contributed by atoms with E-state index in [9.17, 15) is 4.79 Å². The van der Waals surface area contributed by atoms with E-state index in [1.54, 1.807) is 0 Å². The van der Waals surface area contributed by atoms with Gasteiger partial charge in [-0.2, -0.15) is 11.8 Å². The zero-order valence-electron chi connectivity index (χ0n) is 12.7. The van der Waals surface area contributed by atoms with Crippen molar-refractivity contribution in [1.82, 2.24) is 0 Å². The van der Waals surface area contributed by atoms with Gasteiger partial charge in [-0.1, -0.05) is 51.9 Å². The fourth-order valence-electron chi connectivity index (χ4n) is 2.52. The summed E-state index contributed by atoms with van der Waals surface area (Å²) >= 11 is 2.20. The summed E-state index contributed by atoms with van der Waals surface area (Å²) in [5.41, 5.74) is 0. The Kier molecular flexibility index (Phi) is 9.40. The summed E-state index contributed by atoms with van der Waals surface area (Å²) in [5, 5.41) is 1.99. The van der Waals surface area contributed by atoms with E-state index in [-0.39, 0.29) is 5.97 Å². The van der Waals surface area contributed by atoms with Gasteiger partial charge < -0.3 is 4.74 Å². The van der Waals surface area contributed by atoms with Gasteiger partial charge in [0.15, 0.2) is 0 Å². The zero-order valence-corrected chi connectivity index (χ0v) is 13.5. The average molecular weight is 286 g/mol. The van der Waals surface area contributed by atoms with E-state index in [1.807, 2.05) is 0 Å². The molecule has 3 heteroatoms. The minimum Gasteiger partial charge on any atom is -0.469 e. The van der Waals surface area contributed by atoms with Crippen molar-refractivity contribution in [2.75, 3.05) is 7.11 Å². The highest BCUT2D eigenvalue weighted by molar-refractivity contribution is 8.07. The number of hydrogen-bond acceptors (Lipinski definition) is 3. The summed E-state index contributed by atoms with van der Waals surface area (Å²) in [4.78, 5) is 10.9. The summed E-state index contributed by atoms with van der Waals surface area (Å²) < 4.78 is 4.63. The van der Waals surface area contributed by atoms with Crippen molar-refractivity contribution in [3.8, 4) is 0 Å². The third kappa shape index (κ3) is 8.56. The standard InChI is InChI=1S/C16H30O2S/c1-3-4-11-14-15(19-14)12-9-7-5-6-8-10-13-16(17)18-2/h14-15H,3-13H2,1-2H3. The molecule has 1 heterocycles. The summed E-state index contributed by atoms with van der Waals surface area (Å²) in [6.45, 7) is 2.28. The Labute approximate surface area is 123 Å². The fraction of sp³-hybridized carbons (Fsp3) is 0.938. The lowest BCUT2D eigenvalue weighted by Gasteiger charge is -2.01. The Hall–Kier alpha value is -0.180. The van der Waals surface area contributed by atoms with Crippen molar-refractivity contribution in [3.05, 3.63) is 0 Å². The Bertz CT molecular complexity index is 243. The quantitative estimate of drug-likeness (QED) is 0.288. The van der Waals surface area contributed by atoms with Gasteiger partial charge in [-0.3, -0.25) is 4.79 Å². The van der Waals surface area contributed by atoms with E-state index in [4.69, 9.17) is 0 Å². The lowest BCUT2D eigenvalue weighted by Crippen LogP contribution is -1.99. The zero-order chi connectivity index (χ0) is 13.9. The highest BCUT2D eigenvalue weighted by Gasteiger charge is 2.36. The molecule has 0 bridgehead atoms. The monoisotopic (exact) mass is 286 g/mol. The number of rotatable bonds is 12. The van der Waals surface area contributed by atoms with Crippen LogP contribution in [-0.4, -0.2) is 23.6 Å². The summed E-state index contributed by atoms with van der Waals surface area (Å²) in [6, 6.07) is 0. The van der Waals surface area contributed by atoms with Crippen LogP contribution in [0.5, 0.6) is 0 Å². The first-order valence-electron chi connectivity index (χ1n) is 8.00. The van der Waals surface area contributed by atoms with Gasteiger partial charge in [-0.05, 0) is 19.3 Å². The van der Waals surface area contributed by atoms with Crippen molar-refractivity contribution in [2.24, 2.45) is 0 Å². The number of carbonyl (C=O) groups is 1. The maximum atomic E-state index is 10.9. The van der Waals surface area contributed by atoms with Gasteiger partial charge in [-0.25, -0.2) is 0 Å². The number of esters is 1. The fourth-order valence-corrected chi connectivity index (χ4v) is 3.75. The molecule has 0 aliphatic carbocycles. The van der Waals surface area contributed by atoms with Gasteiger partial charge in [0, 0.05) is 16.9 Å². The lowest BCUT2D eigenvalue weighted by molar-refractivity contribution is -0.140. The van der Waals surface area contributed by atoms with Crippen molar-refractivity contribution in [2.45, 2.75) is 88.1 Å². The molecule has 19 heavy (non-hydrogen) atoms. The SMILES string of the molecule is CCCCC1SC1CCCCCCCCC(=O)OC. The normalized spacial score (nSPS) is 21.4. The molecule has 1 rings (SSSR count). The molecule has 2 unspecified atom stereocenters. The summed E-state index contributed by atoms with van der Waals surface area (Å²) in [6.07, 6.45) is 13.8. The number of thioether (sulfide) groups is 1. The van der Waals surface area contributed by atoms with Crippen LogP contribution >= 0.6 is 11.8 Å². The van der Waals surface area contributed by atoms with Crippen LogP contribution in [0.4, 0.5) is 0 Å². The van der Waals surface area contributed by atoms with Crippen LogP contribution in [0.2, 0.25) is 0 Å². The molecule has 1 fully saturated rings. The van der Waals surface area contributed by atoms with Crippen LogP contribution in [0.3, 0.4) is 0 Å². The highest BCUT2D eigenvalue weighted by atomic mass is 32.2. The van der Waals surface area contributed by atoms with E-state index in [1.165, 1.54) is 64.9 Å². The molecule has 0 amide bonds. The van der Waals surface area contributed by atoms with Gasteiger partial charge in [0.25, 0.3) is 0 Å². The van der Waals surface area contributed by atoms with Gasteiger partial charge in [0.2, 0.25) is 0 Å². The molecule has 0 saturated carbocycles. The van der Waals surface area contributed by atoms with Gasteiger partial charge >= 0.3 is 5.97 Å². The molecule has 0 aromatic carbocycles. The largest absolute Gasteiger partial charge is 0.469 e. The van der Waals surface area contributed by atoms with E-state index in [0.717, 1.165) is 16.9 Å². The third-order valence-electron chi connectivity index (χ3n) is 3.88. The van der Waals surface area contributed by atoms with Gasteiger partial charge in [-0.15, -0.1) is 0 Å². The van der Waals surface area contributed by atoms with Crippen molar-refractivity contribution < 1.29 is 9.53 Å². The van der Waals surface area contributed by atoms with Gasteiger partial charge in [0.1, 0.15) is 0 Å². The molecule has 112 valence electrons. The molecule has 0 spiro atoms. The number of carbonyl (C=O) groups excluding carboxylic acids is 1. The van der Waals surface area contributed by atoms with Crippen LogP contribution in [-0.2, 0) is 9.53 Å². The van der Waals surface area contributed by atoms with Crippen molar-refractivity contribution in [1.29, 1.82) is 0 Å². The first kappa shape index (κ1) is 16.9. The van der Waals surface area contributed by atoms with Crippen molar-refractivity contribution >= 4 is 17.7 Å². The average Bonchev–Trinajstić information content (AvgIpc) is 3.17. The third-order valence-corrected chi connectivity index (χ3v) is 5.39. The van der Waals surface area contributed by atoms with Crippen LogP contribution < -0.4 is 0 Å². The molecule has 1 aliphatic rings. The van der Waals surface area contributed by atoms with E-state index in [2.05, 4.69) is 23.4 Å². The molecular formula is C16H30O2S. The molecule has 2 nitrogen and oxygen atoms in total. The Morgan fingerprint density at radius 1 is 0.947 bits per heavy atom. The second kappa shape index (κ2) is 10.6. The maximum absolute atomic E-state index is 10.9. The molecule has 0 aromatic rings. The number of methoxy groups -OCH3 is 1. The first-order chi connectivity index (χ1) is 9.27. The van der Waals surface area contributed by atoms with Gasteiger partial charge in [0.05, 0.1) is 7.11 Å². The lowest BCUT2D eigenvalue weighted by atomic mass is 10.0. The molecule has 1 aliphatic heterocycles. The predicted octanol–water partition coefficient (Wildman–Crippen LogP) is 4.95. The number of unbranched alkanes of at least 4 members (excludes halogenated alkanes) is 6. The number of ether oxygens (including phenoxy) is 1. The van der Waals surface area contributed by atoms with Crippen LogP contribution in [0.1, 0.15) is 77.6 Å². The summed E-state index contributed by atoms with van der Waals surface area (Å²) in [5.74, 6) is -0.0659. The molecule has 2 atom stereocenters. The first-order valence-corrected chi connectivity index (χ1v) is 8.94. The second-order valence-corrected chi connectivity index (χ2v) is 7.07. The van der Waals surface area contributed by atoms with E-state index >= 15 is 0 Å². The topological polar surface area (TPSA) is 26.3 Å². The molecule has 0 N–H and O–H groups in total. The summed E-state index contributed by atoms with van der Waals surface area (Å²) in [7, 11) is 1.46. The highest BCUT2D eigenvalue weighted by Crippen LogP contribution is 2.47. The Balaban J connectivity index is 1.76. The van der Waals surface area contributed by atoms with E-state index < -0.39 is 0 Å². The van der Waals surface area contributed by atoms with Crippen LogP contribution in [0, 0.1) is 0 Å². The Morgan fingerprint density at radius 2 is 1.53 bits per heavy atom.